The van der Waals surface area contributed by atoms with Crippen LogP contribution < -0.4 is 5.32 Å². The first kappa shape index (κ1) is 17.3. The van der Waals surface area contributed by atoms with Crippen molar-refractivity contribution >= 4 is 28.6 Å². The minimum Gasteiger partial charge on any atom is -0.445 e. The first-order valence-electron chi connectivity index (χ1n) is 7.88. The van der Waals surface area contributed by atoms with Crippen molar-refractivity contribution in [1.82, 2.24) is 15.5 Å². The van der Waals surface area contributed by atoms with Gasteiger partial charge in [0.15, 0.2) is 6.23 Å². The van der Waals surface area contributed by atoms with Crippen LogP contribution in [0.1, 0.15) is 39.0 Å². The van der Waals surface area contributed by atoms with E-state index in [1.165, 1.54) is 0 Å². The zero-order chi connectivity index (χ0) is 17.3. The predicted molar refractivity (Wildman–Crippen MR) is 97.1 cm³/mol. The van der Waals surface area contributed by atoms with Crippen molar-refractivity contribution in [3.05, 3.63) is 33.7 Å². The van der Waals surface area contributed by atoms with Gasteiger partial charge in [0, 0.05) is 9.13 Å². The third kappa shape index (κ3) is 3.77. The van der Waals surface area contributed by atoms with Crippen LogP contribution in [0.3, 0.4) is 0 Å². The van der Waals surface area contributed by atoms with Crippen LogP contribution in [-0.2, 0) is 9.53 Å². The first-order valence-corrected chi connectivity index (χ1v) is 8.96. The van der Waals surface area contributed by atoms with Crippen molar-refractivity contribution in [2.24, 2.45) is 5.41 Å². The molecule has 1 aliphatic heterocycles. The summed E-state index contributed by atoms with van der Waals surface area (Å²) in [6, 6.07) is 7.88. The van der Waals surface area contributed by atoms with E-state index in [0.717, 1.165) is 22.1 Å². The van der Waals surface area contributed by atoms with Crippen molar-refractivity contribution in [1.29, 1.82) is 0 Å². The summed E-state index contributed by atoms with van der Waals surface area (Å²) in [5, 5.41) is 11.5. The van der Waals surface area contributed by atoms with Crippen LogP contribution in [0, 0.1) is 8.99 Å². The molecular weight excluding hydrogens is 421 g/mol. The van der Waals surface area contributed by atoms with E-state index in [0.29, 0.717) is 11.8 Å². The third-order valence-corrected chi connectivity index (χ3v) is 4.58. The molecule has 1 aromatic carbocycles. The number of hydrogen-bond donors (Lipinski definition) is 1. The number of nitrogens with zero attached hydrogens (tertiary/aromatic N) is 2. The second-order valence-corrected chi connectivity index (χ2v) is 8.12. The monoisotopic (exact) mass is 441 g/mol. The number of nitrogens with one attached hydrogen (secondary N) is 1. The molecule has 1 fully saturated rings. The summed E-state index contributed by atoms with van der Waals surface area (Å²) in [5.41, 5.74) is 0.332. The van der Waals surface area contributed by atoms with Crippen molar-refractivity contribution < 1.29 is 13.9 Å². The molecule has 0 aliphatic carbocycles. The maximum Gasteiger partial charge on any atom is 0.312 e. The van der Waals surface area contributed by atoms with Gasteiger partial charge in [-0.1, -0.05) is 0 Å². The summed E-state index contributed by atoms with van der Waals surface area (Å²) in [5.74, 6) is 0.611. The molecule has 24 heavy (non-hydrogen) atoms. The number of aromatic nitrogens is 2. The molecule has 2 atom stereocenters. The average Bonchev–Trinajstić information content (AvgIpc) is 3.15. The maximum atomic E-state index is 12.1. The lowest BCUT2D eigenvalue weighted by Crippen LogP contribution is -2.36. The molecule has 0 bridgehead atoms. The summed E-state index contributed by atoms with van der Waals surface area (Å²) < 4.78 is 12.6. The van der Waals surface area contributed by atoms with Crippen LogP contribution in [0.2, 0.25) is 0 Å². The highest BCUT2D eigenvalue weighted by atomic mass is 127. The molecule has 0 spiro atoms. The zero-order valence-electron chi connectivity index (χ0n) is 13.9. The Balaban J connectivity index is 1.76. The van der Waals surface area contributed by atoms with Crippen LogP contribution >= 0.6 is 22.6 Å². The Bertz CT molecular complexity index is 721. The minimum absolute atomic E-state index is 0.124. The normalized spacial score (nSPS) is 21.0. The highest BCUT2D eigenvalue weighted by Crippen LogP contribution is 2.31. The van der Waals surface area contributed by atoms with Crippen LogP contribution in [0.5, 0.6) is 0 Å². The van der Waals surface area contributed by atoms with Crippen molar-refractivity contribution in [2.45, 2.75) is 39.3 Å². The molecule has 1 unspecified atom stereocenters. The smallest absolute Gasteiger partial charge is 0.312 e. The second kappa shape index (κ2) is 6.79. The van der Waals surface area contributed by atoms with E-state index >= 15 is 0 Å². The number of benzene rings is 1. The number of halogens is 1. The number of rotatable bonds is 3. The van der Waals surface area contributed by atoms with Gasteiger partial charge in [0.1, 0.15) is 0 Å². The van der Waals surface area contributed by atoms with Crippen LogP contribution in [0.25, 0.3) is 11.5 Å². The number of esters is 1. The van der Waals surface area contributed by atoms with Gasteiger partial charge in [-0.3, -0.25) is 10.1 Å². The van der Waals surface area contributed by atoms with E-state index < -0.39 is 11.6 Å². The largest absolute Gasteiger partial charge is 0.445 e. The van der Waals surface area contributed by atoms with E-state index in [1.54, 1.807) is 0 Å². The number of hydrogen-bond acceptors (Lipinski definition) is 6. The number of carbonyl (C=O) groups is 1. The zero-order valence-corrected chi connectivity index (χ0v) is 16.0. The van der Waals surface area contributed by atoms with Gasteiger partial charge >= 0.3 is 5.97 Å². The summed E-state index contributed by atoms with van der Waals surface area (Å²) >= 11 is 2.25. The molecule has 0 saturated carbocycles. The fraction of sp³-hybridized carbons (Fsp3) is 0.471. The Kier molecular flexibility index (Phi) is 4.91. The topological polar surface area (TPSA) is 77.2 Å². The fourth-order valence-electron chi connectivity index (χ4n) is 2.44. The Hall–Kier alpha value is -1.48. The van der Waals surface area contributed by atoms with Gasteiger partial charge < -0.3 is 9.15 Å². The molecule has 3 rings (SSSR count). The third-order valence-electron chi connectivity index (χ3n) is 3.86. The molecule has 2 aromatic rings. The van der Waals surface area contributed by atoms with Gasteiger partial charge in [-0.25, -0.2) is 0 Å². The molecular formula is C17H20IN3O3. The molecule has 128 valence electrons. The van der Waals surface area contributed by atoms with Crippen LogP contribution in [0.4, 0.5) is 0 Å². The van der Waals surface area contributed by atoms with E-state index in [1.807, 2.05) is 45.0 Å². The molecule has 2 heterocycles. The van der Waals surface area contributed by atoms with Gasteiger partial charge in [-0.2, -0.15) is 0 Å². The van der Waals surface area contributed by atoms with Crippen LogP contribution in [0.15, 0.2) is 28.7 Å². The van der Waals surface area contributed by atoms with Crippen molar-refractivity contribution in [3.8, 4) is 11.5 Å². The fourth-order valence-corrected chi connectivity index (χ4v) is 2.80. The van der Waals surface area contributed by atoms with Crippen molar-refractivity contribution in [2.75, 3.05) is 6.54 Å². The predicted octanol–water partition coefficient (Wildman–Crippen LogP) is 3.33. The molecule has 0 radical (unpaired) electrons. The highest BCUT2D eigenvalue weighted by Gasteiger charge is 2.37. The maximum absolute atomic E-state index is 12.1. The van der Waals surface area contributed by atoms with E-state index in [-0.39, 0.29) is 11.9 Å². The average molecular weight is 441 g/mol. The Morgan fingerprint density at radius 2 is 2.00 bits per heavy atom. The highest BCUT2D eigenvalue weighted by molar-refractivity contribution is 14.1. The lowest BCUT2D eigenvalue weighted by atomic mass is 9.97. The van der Waals surface area contributed by atoms with Gasteiger partial charge in [0.2, 0.25) is 11.8 Å². The molecule has 1 N–H and O–H groups in total. The Morgan fingerprint density at radius 1 is 1.29 bits per heavy atom. The lowest BCUT2D eigenvalue weighted by molar-refractivity contribution is -0.160. The van der Waals surface area contributed by atoms with Crippen LogP contribution in [-0.4, -0.2) is 28.9 Å². The standard InChI is InChI=1S/C17H20IN3O3/c1-17(2,3)16(22)24-14-12(8-9-19-14)15-21-20-13(23-15)10-4-6-11(18)7-5-10/h4-7,12,14,19H,8-9H2,1-3H3/t12-,14?/m0/s1. The number of ether oxygens (including phenoxy) is 1. The van der Waals surface area contributed by atoms with E-state index in [9.17, 15) is 4.79 Å². The number of carbonyl (C=O) groups excluding carboxylic acids is 1. The van der Waals surface area contributed by atoms with E-state index in [2.05, 4.69) is 38.1 Å². The summed E-state index contributed by atoms with van der Waals surface area (Å²) in [4.78, 5) is 12.1. The molecule has 1 aliphatic rings. The molecule has 1 aromatic heterocycles. The first-order chi connectivity index (χ1) is 11.3. The second-order valence-electron chi connectivity index (χ2n) is 6.88. The molecule has 7 heteroatoms. The van der Waals surface area contributed by atoms with Gasteiger partial charge in [-0.15, -0.1) is 10.2 Å². The van der Waals surface area contributed by atoms with Crippen molar-refractivity contribution in [3.63, 3.8) is 0 Å². The molecule has 0 amide bonds. The van der Waals surface area contributed by atoms with Gasteiger partial charge in [-0.05, 0) is 80.6 Å². The Morgan fingerprint density at radius 3 is 2.67 bits per heavy atom. The van der Waals surface area contributed by atoms with E-state index in [4.69, 9.17) is 9.15 Å². The quantitative estimate of drug-likeness (QED) is 0.582. The lowest BCUT2D eigenvalue weighted by Gasteiger charge is -2.23. The minimum atomic E-state index is -0.546. The Labute approximate surface area is 154 Å². The summed E-state index contributed by atoms with van der Waals surface area (Å²) in [7, 11) is 0. The SMILES string of the molecule is CC(C)(C)C(=O)OC1NCC[C@@H]1c1nnc(-c2ccc(I)cc2)o1. The summed E-state index contributed by atoms with van der Waals surface area (Å²) in [6.07, 6.45) is 0.359. The molecule has 1 saturated heterocycles. The summed E-state index contributed by atoms with van der Waals surface area (Å²) in [6.45, 7) is 6.25. The van der Waals surface area contributed by atoms with Gasteiger partial charge in [0.25, 0.3) is 0 Å². The molecule has 6 nitrogen and oxygen atoms in total. The van der Waals surface area contributed by atoms with Gasteiger partial charge in [0.05, 0.1) is 11.3 Å².